The van der Waals surface area contributed by atoms with E-state index in [1.807, 2.05) is 12.1 Å². The Morgan fingerprint density at radius 1 is 1.58 bits per heavy atom. The molecule has 0 bridgehead atoms. The van der Waals surface area contributed by atoms with Crippen LogP contribution in [0.4, 0.5) is 5.69 Å². The molecule has 1 aromatic carbocycles. The van der Waals surface area contributed by atoms with Gasteiger partial charge in [-0.3, -0.25) is 4.79 Å². The first-order valence-corrected chi connectivity index (χ1v) is 7.72. The number of halogens is 2. The molecule has 0 saturated carbocycles. The third-order valence-electron chi connectivity index (χ3n) is 3.81. The molecular weight excluding hydrogens is 328 g/mol. The predicted molar refractivity (Wildman–Crippen MR) is 82.6 cm³/mol. The number of hydrogen-bond donors (Lipinski definition) is 2. The van der Waals surface area contributed by atoms with Crippen LogP contribution in [0.3, 0.4) is 0 Å². The molecule has 1 aliphatic rings. The van der Waals surface area contributed by atoms with E-state index in [4.69, 9.17) is 11.6 Å². The van der Waals surface area contributed by atoms with Crippen molar-refractivity contribution < 1.29 is 4.79 Å². The first-order chi connectivity index (χ1) is 9.07. The highest BCUT2D eigenvalue weighted by molar-refractivity contribution is 9.10. The summed E-state index contributed by atoms with van der Waals surface area (Å²) < 4.78 is 0.903. The summed E-state index contributed by atoms with van der Waals surface area (Å²) in [5.41, 5.74) is 0.363. The number of nitrogens with one attached hydrogen (secondary N) is 2. The Bertz CT molecular complexity index is 473. The molecule has 1 fully saturated rings. The number of carbonyl (C=O) groups is 1. The van der Waals surface area contributed by atoms with Gasteiger partial charge in [0.1, 0.15) is 0 Å². The van der Waals surface area contributed by atoms with Gasteiger partial charge in [0.15, 0.2) is 0 Å². The molecular formula is C14H18BrClN2O. The van der Waals surface area contributed by atoms with Crippen LogP contribution in [0.15, 0.2) is 22.7 Å². The van der Waals surface area contributed by atoms with E-state index in [0.29, 0.717) is 10.7 Å². The maximum Gasteiger partial charge on any atom is 0.231 e. The summed E-state index contributed by atoms with van der Waals surface area (Å²) in [7, 11) is 0. The Balaban J connectivity index is 2.15. The minimum absolute atomic E-state index is 0.0615. The van der Waals surface area contributed by atoms with Gasteiger partial charge < -0.3 is 10.6 Å². The molecule has 19 heavy (non-hydrogen) atoms. The number of anilines is 1. The molecule has 1 aromatic rings. The second-order valence-electron chi connectivity index (χ2n) is 4.99. The average molecular weight is 346 g/mol. The molecule has 1 saturated heterocycles. The summed E-state index contributed by atoms with van der Waals surface area (Å²) in [6.45, 7) is 3.80. The fraction of sp³-hybridized carbons (Fsp3) is 0.500. The van der Waals surface area contributed by atoms with Gasteiger partial charge in [0.2, 0.25) is 5.91 Å². The monoisotopic (exact) mass is 344 g/mol. The summed E-state index contributed by atoms with van der Waals surface area (Å²) in [5, 5.41) is 6.84. The van der Waals surface area contributed by atoms with Gasteiger partial charge in [-0.2, -0.15) is 0 Å². The Labute approximate surface area is 127 Å². The molecule has 0 aromatic heterocycles. The molecule has 2 rings (SSSR count). The zero-order valence-electron chi connectivity index (χ0n) is 10.9. The largest absolute Gasteiger partial charge is 0.324 e. The van der Waals surface area contributed by atoms with Crippen LogP contribution in [0.1, 0.15) is 26.2 Å². The lowest BCUT2D eigenvalue weighted by Crippen LogP contribution is -2.47. The molecule has 1 atom stereocenters. The van der Waals surface area contributed by atoms with Crippen molar-refractivity contribution in [1.82, 2.24) is 5.32 Å². The Kier molecular flexibility index (Phi) is 4.87. The summed E-state index contributed by atoms with van der Waals surface area (Å²) in [5.74, 6) is 0.0615. The number of benzene rings is 1. The van der Waals surface area contributed by atoms with Crippen LogP contribution < -0.4 is 10.6 Å². The maximum atomic E-state index is 12.5. The van der Waals surface area contributed by atoms with Crippen molar-refractivity contribution in [1.29, 1.82) is 0 Å². The first kappa shape index (κ1) is 14.8. The van der Waals surface area contributed by atoms with Crippen molar-refractivity contribution in [3.63, 3.8) is 0 Å². The van der Waals surface area contributed by atoms with Crippen LogP contribution >= 0.6 is 27.5 Å². The van der Waals surface area contributed by atoms with E-state index in [2.05, 4.69) is 33.5 Å². The van der Waals surface area contributed by atoms with Gasteiger partial charge in [0, 0.05) is 11.0 Å². The van der Waals surface area contributed by atoms with Crippen LogP contribution in [-0.4, -0.2) is 19.0 Å². The fourth-order valence-electron chi connectivity index (χ4n) is 2.47. The summed E-state index contributed by atoms with van der Waals surface area (Å²) in [6, 6.07) is 5.48. The summed E-state index contributed by atoms with van der Waals surface area (Å²) in [6.07, 6.45) is 2.80. The van der Waals surface area contributed by atoms with Crippen molar-refractivity contribution >= 4 is 39.1 Å². The Morgan fingerprint density at radius 3 is 2.95 bits per heavy atom. The van der Waals surface area contributed by atoms with Crippen molar-refractivity contribution in [2.45, 2.75) is 26.2 Å². The number of rotatable bonds is 3. The van der Waals surface area contributed by atoms with Gasteiger partial charge in [-0.05, 0) is 44.0 Å². The molecule has 0 spiro atoms. The van der Waals surface area contributed by atoms with E-state index in [-0.39, 0.29) is 11.3 Å². The molecule has 1 amide bonds. The molecule has 104 valence electrons. The van der Waals surface area contributed by atoms with E-state index in [9.17, 15) is 4.79 Å². The van der Waals surface area contributed by atoms with Crippen LogP contribution in [0.2, 0.25) is 5.02 Å². The zero-order chi connectivity index (χ0) is 13.9. The topological polar surface area (TPSA) is 41.1 Å². The summed E-state index contributed by atoms with van der Waals surface area (Å²) >= 11 is 9.50. The Morgan fingerprint density at radius 2 is 2.37 bits per heavy atom. The smallest absolute Gasteiger partial charge is 0.231 e. The highest BCUT2D eigenvalue weighted by Gasteiger charge is 2.37. The molecule has 5 heteroatoms. The van der Waals surface area contributed by atoms with Crippen LogP contribution in [-0.2, 0) is 4.79 Å². The lowest BCUT2D eigenvalue weighted by atomic mass is 9.77. The van der Waals surface area contributed by atoms with E-state index in [0.717, 1.165) is 36.8 Å². The van der Waals surface area contributed by atoms with Gasteiger partial charge >= 0.3 is 0 Å². The number of carbonyl (C=O) groups excluding carboxylic acids is 1. The minimum atomic E-state index is -0.311. The molecule has 0 radical (unpaired) electrons. The number of piperidine rings is 1. The van der Waals surface area contributed by atoms with Crippen LogP contribution in [0, 0.1) is 5.41 Å². The fourth-order valence-corrected chi connectivity index (χ4v) is 3.19. The van der Waals surface area contributed by atoms with Crippen LogP contribution in [0.25, 0.3) is 0 Å². The number of hydrogen-bond acceptors (Lipinski definition) is 2. The highest BCUT2D eigenvalue weighted by Crippen LogP contribution is 2.33. The highest BCUT2D eigenvalue weighted by atomic mass is 79.9. The zero-order valence-corrected chi connectivity index (χ0v) is 13.3. The van der Waals surface area contributed by atoms with E-state index < -0.39 is 0 Å². The molecule has 1 aliphatic heterocycles. The Hall–Kier alpha value is -0.580. The number of amides is 1. The second kappa shape index (κ2) is 6.25. The maximum absolute atomic E-state index is 12.5. The van der Waals surface area contributed by atoms with Gasteiger partial charge in [0.25, 0.3) is 0 Å². The van der Waals surface area contributed by atoms with Gasteiger partial charge in [-0.15, -0.1) is 0 Å². The lowest BCUT2D eigenvalue weighted by Gasteiger charge is -2.35. The molecule has 0 aliphatic carbocycles. The average Bonchev–Trinajstić information content (AvgIpc) is 2.42. The van der Waals surface area contributed by atoms with Crippen LogP contribution in [0.5, 0.6) is 0 Å². The quantitative estimate of drug-likeness (QED) is 0.874. The van der Waals surface area contributed by atoms with Crippen molar-refractivity contribution in [2.24, 2.45) is 5.41 Å². The van der Waals surface area contributed by atoms with Crippen molar-refractivity contribution in [2.75, 3.05) is 18.4 Å². The van der Waals surface area contributed by atoms with Crippen molar-refractivity contribution in [3.05, 3.63) is 27.7 Å². The van der Waals surface area contributed by atoms with Gasteiger partial charge in [-0.1, -0.05) is 34.5 Å². The van der Waals surface area contributed by atoms with E-state index >= 15 is 0 Å². The van der Waals surface area contributed by atoms with E-state index in [1.165, 1.54) is 0 Å². The molecule has 1 unspecified atom stereocenters. The SMILES string of the molecule is CCC1(C(=O)Nc2ccc(Br)cc2Cl)CCCNC1. The lowest BCUT2D eigenvalue weighted by molar-refractivity contribution is -0.126. The molecule has 3 nitrogen and oxygen atoms in total. The second-order valence-corrected chi connectivity index (χ2v) is 6.32. The molecule has 2 N–H and O–H groups in total. The summed E-state index contributed by atoms with van der Waals surface area (Å²) in [4.78, 5) is 12.5. The first-order valence-electron chi connectivity index (χ1n) is 6.54. The molecule has 1 heterocycles. The van der Waals surface area contributed by atoms with Gasteiger partial charge in [0.05, 0.1) is 16.1 Å². The van der Waals surface area contributed by atoms with E-state index in [1.54, 1.807) is 6.07 Å². The third kappa shape index (κ3) is 3.30. The normalized spacial score (nSPS) is 23.1. The van der Waals surface area contributed by atoms with Crippen molar-refractivity contribution in [3.8, 4) is 0 Å². The predicted octanol–water partition coefficient (Wildman–Crippen LogP) is 3.82. The third-order valence-corrected chi connectivity index (χ3v) is 4.62. The standard InChI is InChI=1S/C14H18BrClN2O/c1-2-14(6-3-7-17-9-14)13(19)18-12-5-4-10(15)8-11(12)16/h4-5,8,17H,2-3,6-7,9H2,1H3,(H,18,19). The minimum Gasteiger partial charge on any atom is -0.324 e. The van der Waals surface area contributed by atoms with Gasteiger partial charge in [-0.25, -0.2) is 0 Å².